The number of benzene rings is 2. The van der Waals surface area contributed by atoms with Crippen LogP contribution < -0.4 is 10.1 Å². The molecule has 4 heteroatoms. The molecule has 3 rings (SSSR count). The summed E-state index contributed by atoms with van der Waals surface area (Å²) in [4.78, 5) is 14.6. The summed E-state index contributed by atoms with van der Waals surface area (Å²) in [6, 6.07) is 15.6. The van der Waals surface area contributed by atoms with E-state index in [1.54, 1.807) is 4.90 Å². The number of carbonyl (C=O) groups is 1. The lowest BCUT2D eigenvalue weighted by Crippen LogP contribution is -2.55. The molecule has 0 spiro atoms. The zero-order valence-electron chi connectivity index (χ0n) is 13.8. The van der Waals surface area contributed by atoms with Gasteiger partial charge in [0.15, 0.2) is 0 Å². The molecule has 0 aromatic heterocycles. The zero-order valence-corrected chi connectivity index (χ0v) is 13.8. The Balaban J connectivity index is 2.05. The summed E-state index contributed by atoms with van der Waals surface area (Å²) in [5.74, 6) is 0.878. The predicted molar refractivity (Wildman–Crippen MR) is 91.7 cm³/mol. The number of hydrogen-bond donors (Lipinski definition) is 1. The van der Waals surface area contributed by atoms with E-state index in [4.69, 9.17) is 4.74 Å². The minimum absolute atomic E-state index is 0.0371. The molecule has 1 heterocycles. The molecule has 1 N–H and O–H groups in total. The molecule has 0 aliphatic carbocycles. The molecule has 2 aromatic rings. The summed E-state index contributed by atoms with van der Waals surface area (Å²) in [5.41, 5.74) is 2.10. The van der Waals surface area contributed by atoms with Crippen LogP contribution in [0.3, 0.4) is 0 Å². The van der Waals surface area contributed by atoms with Gasteiger partial charge in [-0.2, -0.15) is 0 Å². The van der Waals surface area contributed by atoms with Crippen LogP contribution in [0.2, 0.25) is 0 Å². The summed E-state index contributed by atoms with van der Waals surface area (Å²) in [6.45, 7) is 4.69. The van der Waals surface area contributed by atoms with Gasteiger partial charge in [-0.05, 0) is 43.2 Å². The summed E-state index contributed by atoms with van der Waals surface area (Å²) < 4.78 is 5.52. The van der Waals surface area contributed by atoms with Crippen LogP contribution in [0.4, 0.5) is 5.69 Å². The molecular formula is C19H22N2O2. The van der Waals surface area contributed by atoms with Crippen LogP contribution in [0.1, 0.15) is 36.2 Å². The molecule has 0 saturated carbocycles. The number of para-hydroxylation sites is 1. The third-order valence-electron chi connectivity index (χ3n) is 4.53. The van der Waals surface area contributed by atoms with Gasteiger partial charge in [0.25, 0.3) is 5.91 Å². The first-order valence-electron chi connectivity index (χ1n) is 8.01. The van der Waals surface area contributed by atoms with Crippen LogP contribution in [-0.2, 0) is 5.66 Å². The van der Waals surface area contributed by atoms with Crippen molar-refractivity contribution in [1.29, 1.82) is 0 Å². The molecule has 23 heavy (non-hydrogen) atoms. The molecule has 1 amide bonds. The van der Waals surface area contributed by atoms with Gasteiger partial charge in [0.05, 0.1) is 12.2 Å². The molecule has 1 unspecified atom stereocenters. The molecule has 0 bridgehead atoms. The van der Waals surface area contributed by atoms with Crippen LogP contribution in [0.15, 0.2) is 48.5 Å². The summed E-state index contributed by atoms with van der Waals surface area (Å²) in [6.07, 6.45) is 0.761. The highest BCUT2D eigenvalue weighted by atomic mass is 16.5. The fourth-order valence-electron chi connectivity index (χ4n) is 3.23. The molecule has 2 aromatic carbocycles. The van der Waals surface area contributed by atoms with Crippen molar-refractivity contribution < 1.29 is 9.53 Å². The Morgan fingerprint density at radius 2 is 1.78 bits per heavy atom. The van der Waals surface area contributed by atoms with E-state index in [0.29, 0.717) is 12.2 Å². The second-order valence-corrected chi connectivity index (χ2v) is 5.71. The highest BCUT2D eigenvalue weighted by Gasteiger charge is 2.42. The van der Waals surface area contributed by atoms with Crippen LogP contribution in [-0.4, -0.2) is 24.5 Å². The lowest BCUT2D eigenvalue weighted by Gasteiger charge is -2.46. The Hall–Kier alpha value is -2.49. The van der Waals surface area contributed by atoms with Gasteiger partial charge in [0, 0.05) is 12.7 Å². The molecule has 1 aliphatic heterocycles. The number of hydrogen-bond acceptors (Lipinski definition) is 3. The van der Waals surface area contributed by atoms with Gasteiger partial charge in [-0.3, -0.25) is 4.79 Å². The van der Waals surface area contributed by atoms with E-state index in [0.717, 1.165) is 23.4 Å². The fourth-order valence-corrected chi connectivity index (χ4v) is 3.23. The largest absolute Gasteiger partial charge is 0.494 e. The van der Waals surface area contributed by atoms with Gasteiger partial charge >= 0.3 is 0 Å². The van der Waals surface area contributed by atoms with Gasteiger partial charge in [-0.15, -0.1) is 0 Å². The van der Waals surface area contributed by atoms with Crippen molar-refractivity contribution in [3.8, 4) is 5.75 Å². The molecule has 0 saturated heterocycles. The Kier molecular flexibility index (Phi) is 3.99. The minimum atomic E-state index is -0.545. The Bertz CT molecular complexity index is 712. The number of ether oxygens (including phenoxy) is 1. The zero-order chi connectivity index (χ0) is 16.4. The van der Waals surface area contributed by atoms with Gasteiger partial charge < -0.3 is 15.0 Å². The molecule has 4 nitrogen and oxygen atoms in total. The van der Waals surface area contributed by atoms with Crippen molar-refractivity contribution in [2.24, 2.45) is 0 Å². The monoisotopic (exact) mass is 310 g/mol. The second-order valence-electron chi connectivity index (χ2n) is 5.71. The quantitative estimate of drug-likeness (QED) is 0.932. The summed E-state index contributed by atoms with van der Waals surface area (Å²) in [7, 11) is 1.85. The summed E-state index contributed by atoms with van der Waals surface area (Å²) >= 11 is 0. The van der Waals surface area contributed by atoms with Crippen molar-refractivity contribution in [3.05, 3.63) is 59.7 Å². The number of anilines is 1. The summed E-state index contributed by atoms with van der Waals surface area (Å²) in [5, 5.41) is 3.57. The SMILES string of the molecule is CCOc1ccc(C2(CC)Nc3ccccc3C(=O)N2C)cc1. The number of rotatable bonds is 4. The Morgan fingerprint density at radius 3 is 2.43 bits per heavy atom. The molecule has 0 radical (unpaired) electrons. The second kappa shape index (κ2) is 5.95. The van der Waals surface area contributed by atoms with E-state index in [1.165, 1.54) is 0 Å². The molecular weight excluding hydrogens is 288 g/mol. The van der Waals surface area contributed by atoms with Crippen molar-refractivity contribution in [3.63, 3.8) is 0 Å². The lowest BCUT2D eigenvalue weighted by molar-refractivity contribution is 0.0572. The topological polar surface area (TPSA) is 41.6 Å². The van der Waals surface area contributed by atoms with Gasteiger partial charge in [0.1, 0.15) is 11.4 Å². The van der Waals surface area contributed by atoms with E-state index in [2.05, 4.69) is 12.2 Å². The van der Waals surface area contributed by atoms with E-state index >= 15 is 0 Å². The van der Waals surface area contributed by atoms with E-state index in [-0.39, 0.29) is 5.91 Å². The smallest absolute Gasteiger partial charge is 0.257 e. The molecule has 0 fully saturated rings. The van der Waals surface area contributed by atoms with Crippen molar-refractivity contribution in [1.82, 2.24) is 4.90 Å². The molecule has 120 valence electrons. The average Bonchev–Trinajstić information content (AvgIpc) is 2.59. The number of nitrogens with zero attached hydrogens (tertiary/aromatic N) is 1. The first-order valence-corrected chi connectivity index (χ1v) is 8.01. The van der Waals surface area contributed by atoms with Crippen LogP contribution in [0.5, 0.6) is 5.75 Å². The average molecular weight is 310 g/mol. The van der Waals surface area contributed by atoms with Crippen LogP contribution >= 0.6 is 0 Å². The maximum absolute atomic E-state index is 12.8. The first-order chi connectivity index (χ1) is 11.1. The molecule has 1 atom stereocenters. The Morgan fingerprint density at radius 1 is 1.09 bits per heavy atom. The highest BCUT2D eigenvalue weighted by Crippen LogP contribution is 2.39. The lowest BCUT2D eigenvalue weighted by atomic mass is 9.90. The highest BCUT2D eigenvalue weighted by molar-refractivity contribution is 6.02. The van der Waals surface area contributed by atoms with E-state index in [1.807, 2.05) is 62.5 Å². The maximum Gasteiger partial charge on any atom is 0.257 e. The fraction of sp³-hybridized carbons (Fsp3) is 0.316. The minimum Gasteiger partial charge on any atom is -0.494 e. The number of carbonyl (C=O) groups excluding carboxylic acids is 1. The van der Waals surface area contributed by atoms with Gasteiger partial charge in [-0.25, -0.2) is 0 Å². The standard InChI is InChI=1S/C19H22N2O2/c1-4-19(14-10-12-15(13-11-14)23-5-2)20-17-9-7-6-8-16(17)18(22)21(19)3/h6-13,20H,4-5H2,1-3H3. The van der Waals surface area contributed by atoms with Gasteiger partial charge in [0.2, 0.25) is 0 Å². The van der Waals surface area contributed by atoms with Gasteiger partial charge in [-0.1, -0.05) is 31.2 Å². The van der Waals surface area contributed by atoms with Crippen molar-refractivity contribution >= 4 is 11.6 Å². The predicted octanol–water partition coefficient (Wildman–Crippen LogP) is 3.85. The van der Waals surface area contributed by atoms with E-state index < -0.39 is 5.66 Å². The third-order valence-corrected chi connectivity index (χ3v) is 4.53. The third kappa shape index (κ3) is 2.44. The number of amides is 1. The normalized spacial score (nSPS) is 20.0. The van der Waals surface area contributed by atoms with Crippen LogP contribution in [0.25, 0.3) is 0 Å². The number of fused-ring (bicyclic) bond motifs is 1. The Labute approximate surface area is 137 Å². The first kappa shape index (κ1) is 15.4. The molecule has 1 aliphatic rings. The van der Waals surface area contributed by atoms with Crippen LogP contribution in [0, 0.1) is 0 Å². The van der Waals surface area contributed by atoms with Crippen molar-refractivity contribution in [2.45, 2.75) is 25.9 Å². The maximum atomic E-state index is 12.8. The number of nitrogens with one attached hydrogen (secondary N) is 1. The van der Waals surface area contributed by atoms with E-state index in [9.17, 15) is 4.79 Å². The van der Waals surface area contributed by atoms with Crippen molar-refractivity contribution in [2.75, 3.05) is 19.0 Å².